The van der Waals surface area contributed by atoms with Gasteiger partial charge in [-0.1, -0.05) is 0 Å². The van der Waals surface area contributed by atoms with Crippen LogP contribution in [0.3, 0.4) is 0 Å². The lowest BCUT2D eigenvalue weighted by Gasteiger charge is -2.02. The molecule has 0 fully saturated rings. The van der Waals surface area contributed by atoms with Gasteiger partial charge >= 0.3 is 0 Å². The van der Waals surface area contributed by atoms with Gasteiger partial charge in [0.15, 0.2) is 0 Å². The molecule has 0 saturated carbocycles. The highest BCUT2D eigenvalue weighted by molar-refractivity contribution is 9.10. The van der Waals surface area contributed by atoms with Gasteiger partial charge in [0.1, 0.15) is 5.78 Å². The summed E-state index contributed by atoms with van der Waals surface area (Å²) >= 11 is 3.33. The lowest BCUT2D eigenvalue weighted by atomic mass is 10.0. The van der Waals surface area contributed by atoms with Crippen LogP contribution in [0.1, 0.15) is 22.6 Å². The lowest BCUT2D eigenvalue weighted by molar-refractivity contribution is -0.117. The quantitative estimate of drug-likeness (QED) is 0.869. The van der Waals surface area contributed by atoms with Crippen LogP contribution in [0, 0.1) is 13.8 Å². The first-order valence-electron chi connectivity index (χ1n) is 6.08. The molecule has 2 aromatic heterocycles. The molecule has 0 spiro atoms. The number of hydrogen-bond acceptors (Lipinski definition) is 3. The van der Waals surface area contributed by atoms with Gasteiger partial charge in [0.2, 0.25) is 0 Å². The van der Waals surface area contributed by atoms with Gasteiger partial charge in [-0.25, -0.2) is 0 Å². The van der Waals surface area contributed by atoms with Crippen molar-refractivity contribution in [2.24, 2.45) is 7.05 Å². The molecule has 0 radical (unpaired) electrons. The molecular formula is C14H16BrN3O. The summed E-state index contributed by atoms with van der Waals surface area (Å²) in [6.07, 6.45) is 2.49. The third kappa shape index (κ3) is 3.29. The average Bonchev–Trinajstić information content (AvgIpc) is 2.59. The van der Waals surface area contributed by atoms with Crippen LogP contribution < -0.4 is 0 Å². The third-order valence-electron chi connectivity index (χ3n) is 3.20. The predicted molar refractivity (Wildman–Crippen MR) is 77.0 cm³/mol. The van der Waals surface area contributed by atoms with Gasteiger partial charge in [-0.2, -0.15) is 5.10 Å². The number of ketones is 1. The van der Waals surface area contributed by atoms with E-state index in [1.807, 2.05) is 37.7 Å². The molecule has 100 valence electrons. The van der Waals surface area contributed by atoms with E-state index in [0.717, 1.165) is 27.1 Å². The number of halogens is 1. The van der Waals surface area contributed by atoms with Gasteiger partial charge in [-0.3, -0.25) is 14.5 Å². The summed E-state index contributed by atoms with van der Waals surface area (Å²) in [4.78, 5) is 16.3. The van der Waals surface area contributed by atoms with Crippen LogP contribution in [0.5, 0.6) is 0 Å². The second-order valence-corrected chi connectivity index (χ2v) is 5.55. The van der Waals surface area contributed by atoms with E-state index in [1.165, 1.54) is 0 Å². The number of carbonyl (C=O) groups excluding carboxylic acids is 1. The van der Waals surface area contributed by atoms with E-state index in [0.29, 0.717) is 12.8 Å². The van der Waals surface area contributed by atoms with Crippen LogP contribution in [-0.4, -0.2) is 20.5 Å². The molecule has 19 heavy (non-hydrogen) atoms. The second kappa shape index (κ2) is 5.65. The maximum atomic E-state index is 12.1. The number of pyridine rings is 1. The minimum Gasteiger partial charge on any atom is -0.299 e. The van der Waals surface area contributed by atoms with E-state index < -0.39 is 0 Å². The highest BCUT2D eigenvalue weighted by Gasteiger charge is 2.14. The summed E-state index contributed by atoms with van der Waals surface area (Å²) in [7, 11) is 1.90. The molecule has 2 aromatic rings. The van der Waals surface area contributed by atoms with Crippen LogP contribution in [0.4, 0.5) is 0 Å². The van der Waals surface area contributed by atoms with Gasteiger partial charge in [-0.15, -0.1) is 0 Å². The van der Waals surface area contributed by atoms with Gasteiger partial charge < -0.3 is 0 Å². The Labute approximate surface area is 121 Å². The standard InChI is InChI=1S/C14H16BrN3O/c1-9-14(10(2)18(3)17-9)7-13(19)6-12-5-4-11(15)8-16-12/h4-5,8H,6-7H2,1-3H3. The monoisotopic (exact) mass is 321 g/mol. The van der Waals surface area contributed by atoms with Gasteiger partial charge in [0, 0.05) is 47.5 Å². The van der Waals surface area contributed by atoms with Crippen LogP contribution in [0.25, 0.3) is 0 Å². The summed E-state index contributed by atoms with van der Waals surface area (Å²) in [6.45, 7) is 3.92. The summed E-state index contributed by atoms with van der Waals surface area (Å²) in [5.41, 5.74) is 3.81. The first-order chi connectivity index (χ1) is 8.97. The fourth-order valence-corrected chi connectivity index (χ4v) is 2.28. The molecule has 0 amide bonds. The maximum absolute atomic E-state index is 12.1. The van der Waals surface area contributed by atoms with Gasteiger partial charge in [0.25, 0.3) is 0 Å². The van der Waals surface area contributed by atoms with E-state index in [1.54, 1.807) is 6.20 Å². The molecular weight excluding hydrogens is 306 g/mol. The molecule has 0 aliphatic rings. The van der Waals surface area contributed by atoms with Crippen LogP contribution in [0.15, 0.2) is 22.8 Å². The van der Waals surface area contributed by atoms with Crippen molar-refractivity contribution in [3.05, 3.63) is 45.4 Å². The Kier molecular flexibility index (Phi) is 4.14. The van der Waals surface area contributed by atoms with E-state index in [4.69, 9.17) is 0 Å². The van der Waals surface area contributed by atoms with Crippen molar-refractivity contribution in [1.29, 1.82) is 0 Å². The number of hydrogen-bond donors (Lipinski definition) is 0. The van der Waals surface area contributed by atoms with Crippen molar-refractivity contribution in [1.82, 2.24) is 14.8 Å². The molecule has 0 bridgehead atoms. The first kappa shape index (κ1) is 13.9. The number of Topliss-reactive ketones (excluding diaryl/α,β-unsaturated/α-hetero) is 1. The van der Waals surface area contributed by atoms with E-state index in [-0.39, 0.29) is 5.78 Å². The zero-order chi connectivity index (χ0) is 14.0. The molecule has 2 rings (SSSR count). The summed E-state index contributed by atoms with van der Waals surface area (Å²) < 4.78 is 2.73. The Bertz CT molecular complexity index is 602. The second-order valence-electron chi connectivity index (χ2n) is 4.63. The zero-order valence-electron chi connectivity index (χ0n) is 11.3. The molecule has 0 aromatic carbocycles. The van der Waals surface area contributed by atoms with Crippen LogP contribution >= 0.6 is 15.9 Å². The molecule has 0 saturated heterocycles. The van der Waals surface area contributed by atoms with Crippen molar-refractivity contribution >= 4 is 21.7 Å². The Hall–Kier alpha value is -1.49. The Morgan fingerprint density at radius 1 is 1.32 bits per heavy atom. The Balaban J connectivity index is 2.07. The predicted octanol–water partition coefficient (Wildman–Crippen LogP) is 2.55. The first-order valence-corrected chi connectivity index (χ1v) is 6.88. The number of aryl methyl sites for hydroxylation is 2. The molecule has 0 aliphatic heterocycles. The fraction of sp³-hybridized carbons (Fsp3) is 0.357. The lowest BCUT2D eigenvalue weighted by Crippen LogP contribution is -2.09. The zero-order valence-corrected chi connectivity index (χ0v) is 12.9. The Morgan fingerprint density at radius 3 is 2.58 bits per heavy atom. The molecule has 5 heteroatoms. The van der Waals surface area contributed by atoms with E-state index in [2.05, 4.69) is 26.0 Å². The summed E-state index contributed by atoms with van der Waals surface area (Å²) in [5, 5.41) is 4.32. The largest absolute Gasteiger partial charge is 0.299 e. The van der Waals surface area contributed by atoms with Gasteiger partial charge in [0.05, 0.1) is 5.69 Å². The molecule has 0 aliphatic carbocycles. The van der Waals surface area contributed by atoms with Gasteiger partial charge in [-0.05, 0) is 41.9 Å². The molecule has 0 N–H and O–H groups in total. The molecule has 0 unspecified atom stereocenters. The van der Waals surface area contributed by atoms with Crippen molar-refractivity contribution in [2.45, 2.75) is 26.7 Å². The minimum atomic E-state index is 0.161. The number of carbonyl (C=O) groups is 1. The Morgan fingerprint density at radius 2 is 2.05 bits per heavy atom. The van der Waals surface area contributed by atoms with Crippen molar-refractivity contribution in [3.63, 3.8) is 0 Å². The average molecular weight is 322 g/mol. The third-order valence-corrected chi connectivity index (χ3v) is 3.67. The van der Waals surface area contributed by atoms with Crippen molar-refractivity contribution < 1.29 is 4.79 Å². The topological polar surface area (TPSA) is 47.8 Å². The highest BCUT2D eigenvalue weighted by Crippen LogP contribution is 2.14. The van der Waals surface area contributed by atoms with E-state index >= 15 is 0 Å². The molecule has 0 atom stereocenters. The van der Waals surface area contributed by atoms with Crippen LogP contribution in [-0.2, 0) is 24.7 Å². The number of aromatic nitrogens is 3. The SMILES string of the molecule is Cc1nn(C)c(C)c1CC(=O)Cc1ccc(Br)cn1. The minimum absolute atomic E-state index is 0.161. The molecule has 2 heterocycles. The van der Waals surface area contributed by atoms with E-state index in [9.17, 15) is 4.79 Å². The number of nitrogens with zero attached hydrogens (tertiary/aromatic N) is 3. The van der Waals surface area contributed by atoms with Crippen molar-refractivity contribution in [2.75, 3.05) is 0 Å². The molecule has 4 nitrogen and oxygen atoms in total. The fourth-order valence-electron chi connectivity index (χ4n) is 2.05. The number of rotatable bonds is 4. The summed E-state index contributed by atoms with van der Waals surface area (Å²) in [6, 6.07) is 3.77. The maximum Gasteiger partial charge on any atom is 0.143 e. The van der Waals surface area contributed by atoms with Crippen LogP contribution in [0.2, 0.25) is 0 Å². The van der Waals surface area contributed by atoms with Crippen molar-refractivity contribution in [3.8, 4) is 0 Å². The normalized spacial score (nSPS) is 10.7. The smallest absolute Gasteiger partial charge is 0.143 e. The summed E-state index contributed by atoms with van der Waals surface area (Å²) in [5.74, 6) is 0.161. The highest BCUT2D eigenvalue weighted by atomic mass is 79.9.